The SMILES string of the molecule is CCNc1ccc2nc(-n3cccn3)[nH]c(=O)c2c1. The summed E-state index contributed by atoms with van der Waals surface area (Å²) in [5, 5.41) is 7.79. The van der Waals surface area contributed by atoms with Gasteiger partial charge in [-0.15, -0.1) is 0 Å². The van der Waals surface area contributed by atoms with E-state index in [1.807, 2.05) is 19.1 Å². The van der Waals surface area contributed by atoms with Gasteiger partial charge in [0, 0.05) is 24.6 Å². The lowest BCUT2D eigenvalue weighted by Gasteiger charge is -2.06. The summed E-state index contributed by atoms with van der Waals surface area (Å²) in [5.74, 6) is 0.415. The van der Waals surface area contributed by atoms with E-state index in [-0.39, 0.29) is 5.56 Å². The van der Waals surface area contributed by atoms with Crippen LogP contribution in [-0.4, -0.2) is 26.3 Å². The summed E-state index contributed by atoms with van der Waals surface area (Å²) in [7, 11) is 0. The predicted octanol–water partition coefficient (Wildman–Crippen LogP) is 1.54. The molecule has 6 nitrogen and oxygen atoms in total. The van der Waals surface area contributed by atoms with Crippen LogP contribution in [0.25, 0.3) is 16.9 Å². The molecule has 1 aromatic carbocycles. The second-order valence-electron chi connectivity index (χ2n) is 4.10. The van der Waals surface area contributed by atoms with E-state index in [2.05, 4.69) is 20.4 Å². The van der Waals surface area contributed by atoms with Gasteiger partial charge in [-0.2, -0.15) is 5.10 Å². The maximum Gasteiger partial charge on any atom is 0.260 e. The molecule has 0 amide bonds. The van der Waals surface area contributed by atoms with Crippen molar-refractivity contribution in [2.24, 2.45) is 0 Å². The van der Waals surface area contributed by atoms with Crippen molar-refractivity contribution >= 4 is 16.6 Å². The highest BCUT2D eigenvalue weighted by Crippen LogP contribution is 2.14. The number of benzene rings is 1. The molecule has 0 saturated carbocycles. The number of aromatic nitrogens is 4. The first-order valence-electron chi connectivity index (χ1n) is 6.06. The van der Waals surface area contributed by atoms with Crippen LogP contribution in [0, 0.1) is 0 Å². The van der Waals surface area contributed by atoms with Gasteiger partial charge in [0.1, 0.15) is 0 Å². The van der Waals surface area contributed by atoms with Crippen LogP contribution in [0.1, 0.15) is 6.92 Å². The average Bonchev–Trinajstić information content (AvgIpc) is 2.93. The Hall–Kier alpha value is -2.63. The van der Waals surface area contributed by atoms with Gasteiger partial charge in [0.05, 0.1) is 10.9 Å². The van der Waals surface area contributed by atoms with E-state index in [0.29, 0.717) is 16.9 Å². The molecule has 0 radical (unpaired) electrons. The smallest absolute Gasteiger partial charge is 0.260 e. The Kier molecular flexibility index (Phi) is 2.75. The lowest BCUT2D eigenvalue weighted by molar-refractivity contribution is 0.810. The summed E-state index contributed by atoms with van der Waals surface area (Å²) in [6.45, 7) is 2.82. The fraction of sp³-hybridized carbons (Fsp3) is 0.154. The van der Waals surface area contributed by atoms with Crippen molar-refractivity contribution < 1.29 is 0 Å². The molecule has 3 rings (SSSR count). The minimum Gasteiger partial charge on any atom is -0.385 e. The molecule has 2 heterocycles. The Balaban J connectivity index is 2.17. The molecule has 6 heteroatoms. The summed E-state index contributed by atoms with van der Waals surface area (Å²) in [4.78, 5) is 19.2. The van der Waals surface area contributed by atoms with Crippen LogP contribution in [0.4, 0.5) is 5.69 Å². The summed E-state index contributed by atoms with van der Waals surface area (Å²) in [6.07, 6.45) is 3.37. The third-order valence-electron chi connectivity index (χ3n) is 2.80. The van der Waals surface area contributed by atoms with Gasteiger partial charge in [-0.05, 0) is 31.2 Å². The summed E-state index contributed by atoms with van der Waals surface area (Å²) in [5.41, 5.74) is 1.39. The fourth-order valence-corrected chi connectivity index (χ4v) is 1.94. The summed E-state index contributed by atoms with van der Waals surface area (Å²) in [6, 6.07) is 7.32. The minimum atomic E-state index is -0.171. The van der Waals surface area contributed by atoms with E-state index in [1.54, 1.807) is 24.5 Å². The monoisotopic (exact) mass is 255 g/mol. The standard InChI is InChI=1S/C13H13N5O/c1-2-14-9-4-5-11-10(8-9)12(19)17-13(16-11)18-7-3-6-15-18/h3-8,14H,2H2,1H3,(H,16,17,19). The Labute approximate surface area is 109 Å². The van der Waals surface area contributed by atoms with Crippen LogP contribution in [0.15, 0.2) is 41.5 Å². The Bertz CT molecular complexity index is 760. The molecule has 2 aromatic heterocycles. The van der Waals surface area contributed by atoms with Crippen LogP contribution in [0.5, 0.6) is 0 Å². The number of hydrogen-bond donors (Lipinski definition) is 2. The third kappa shape index (κ3) is 2.08. The first kappa shape index (κ1) is 11.5. The van der Waals surface area contributed by atoms with E-state index >= 15 is 0 Å². The third-order valence-corrected chi connectivity index (χ3v) is 2.80. The molecular weight excluding hydrogens is 242 g/mol. The molecule has 0 aliphatic heterocycles. The molecule has 0 unspecified atom stereocenters. The number of aromatic amines is 1. The summed E-state index contributed by atoms with van der Waals surface area (Å²) >= 11 is 0. The summed E-state index contributed by atoms with van der Waals surface area (Å²) < 4.78 is 1.53. The van der Waals surface area contributed by atoms with E-state index in [0.717, 1.165) is 12.2 Å². The van der Waals surface area contributed by atoms with Crippen LogP contribution in [0.3, 0.4) is 0 Å². The molecule has 0 bridgehead atoms. The number of H-pyrrole nitrogens is 1. The number of rotatable bonds is 3. The number of nitrogens with zero attached hydrogens (tertiary/aromatic N) is 3. The molecule has 96 valence electrons. The quantitative estimate of drug-likeness (QED) is 0.744. The second-order valence-corrected chi connectivity index (χ2v) is 4.10. The molecule has 3 aromatic rings. The first-order valence-corrected chi connectivity index (χ1v) is 6.06. The maximum absolute atomic E-state index is 12.1. The molecule has 0 spiro atoms. The van der Waals surface area contributed by atoms with Gasteiger partial charge in [-0.25, -0.2) is 9.67 Å². The molecule has 19 heavy (non-hydrogen) atoms. The predicted molar refractivity (Wildman–Crippen MR) is 73.6 cm³/mol. The molecule has 0 aliphatic carbocycles. The average molecular weight is 255 g/mol. The van der Waals surface area contributed by atoms with Gasteiger partial charge in [-0.1, -0.05) is 0 Å². The van der Waals surface area contributed by atoms with Crippen molar-refractivity contribution in [1.29, 1.82) is 0 Å². The largest absolute Gasteiger partial charge is 0.385 e. The Morgan fingerprint density at radius 1 is 1.42 bits per heavy atom. The number of fused-ring (bicyclic) bond motifs is 1. The van der Waals surface area contributed by atoms with Gasteiger partial charge in [0.15, 0.2) is 0 Å². The normalized spacial score (nSPS) is 10.8. The zero-order valence-electron chi connectivity index (χ0n) is 10.4. The highest BCUT2D eigenvalue weighted by Gasteiger charge is 2.06. The Morgan fingerprint density at radius 2 is 2.32 bits per heavy atom. The van der Waals surface area contributed by atoms with E-state index in [4.69, 9.17) is 0 Å². The van der Waals surface area contributed by atoms with Crippen molar-refractivity contribution in [3.63, 3.8) is 0 Å². The highest BCUT2D eigenvalue weighted by atomic mass is 16.1. The molecule has 0 fully saturated rings. The van der Waals surface area contributed by atoms with Crippen LogP contribution < -0.4 is 10.9 Å². The topological polar surface area (TPSA) is 75.6 Å². The molecule has 0 aliphatic rings. The first-order chi connectivity index (χ1) is 9.28. The lowest BCUT2D eigenvalue weighted by atomic mass is 10.2. The van der Waals surface area contributed by atoms with Crippen molar-refractivity contribution in [3.05, 3.63) is 47.0 Å². The lowest BCUT2D eigenvalue weighted by Crippen LogP contribution is -2.14. The van der Waals surface area contributed by atoms with Crippen LogP contribution in [0.2, 0.25) is 0 Å². The van der Waals surface area contributed by atoms with Crippen LogP contribution >= 0.6 is 0 Å². The van der Waals surface area contributed by atoms with E-state index < -0.39 is 0 Å². The zero-order valence-corrected chi connectivity index (χ0v) is 10.4. The van der Waals surface area contributed by atoms with Gasteiger partial charge >= 0.3 is 0 Å². The van der Waals surface area contributed by atoms with Crippen molar-refractivity contribution in [3.8, 4) is 5.95 Å². The second kappa shape index (κ2) is 4.56. The van der Waals surface area contributed by atoms with Gasteiger partial charge in [0.25, 0.3) is 5.56 Å². The van der Waals surface area contributed by atoms with Gasteiger partial charge < -0.3 is 5.32 Å². The maximum atomic E-state index is 12.1. The number of hydrogen-bond acceptors (Lipinski definition) is 4. The molecular formula is C13H13N5O. The van der Waals surface area contributed by atoms with E-state index in [1.165, 1.54) is 4.68 Å². The minimum absolute atomic E-state index is 0.171. The van der Waals surface area contributed by atoms with Crippen LogP contribution in [-0.2, 0) is 0 Å². The number of nitrogens with one attached hydrogen (secondary N) is 2. The Morgan fingerprint density at radius 3 is 3.05 bits per heavy atom. The number of anilines is 1. The van der Waals surface area contributed by atoms with Crippen molar-refractivity contribution in [1.82, 2.24) is 19.7 Å². The van der Waals surface area contributed by atoms with Gasteiger partial charge in [-0.3, -0.25) is 9.78 Å². The molecule has 0 saturated heterocycles. The van der Waals surface area contributed by atoms with Gasteiger partial charge in [0.2, 0.25) is 5.95 Å². The van der Waals surface area contributed by atoms with Crippen molar-refractivity contribution in [2.75, 3.05) is 11.9 Å². The van der Waals surface area contributed by atoms with Crippen molar-refractivity contribution in [2.45, 2.75) is 6.92 Å². The molecule has 2 N–H and O–H groups in total. The highest BCUT2D eigenvalue weighted by molar-refractivity contribution is 5.81. The molecule has 0 atom stereocenters. The van der Waals surface area contributed by atoms with E-state index in [9.17, 15) is 4.79 Å². The fourth-order valence-electron chi connectivity index (χ4n) is 1.94. The zero-order chi connectivity index (χ0) is 13.2.